The minimum absolute atomic E-state index is 0.00307. The van der Waals surface area contributed by atoms with Crippen LogP contribution in [-0.2, 0) is 9.53 Å². The van der Waals surface area contributed by atoms with Crippen LogP contribution in [0.2, 0.25) is 0 Å². The largest absolute Gasteiger partial charge is 0.374 e. The summed E-state index contributed by atoms with van der Waals surface area (Å²) in [7, 11) is 0. The van der Waals surface area contributed by atoms with Crippen LogP contribution in [0.1, 0.15) is 50.0 Å². The van der Waals surface area contributed by atoms with Crippen molar-refractivity contribution in [2.45, 2.75) is 50.0 Å². The first-order valence-corrected chi connectivity index (χ1v) is 8.58. The Morgan fingerprint density at radius 3 is 2.77 bits per heavy atom. The maximum atomic E-state index is 12.3. The number of piperidine rings is 1. The molecule has 1 spiro atoms. The van der Waals surface area contributed by atoms with E-state index in [-0.39, 0.29) is 5.60 Å². The summed E-state index contributed by atoms with van der Waals surface area (Å²) < 4.78 is 6.21. The third-order valence-electron chi connectivity index (χ3n) is 5.81. The lowest BCUT2D eigenvalue weighted by molar-refractivity contribution is -0.142. The molecule has 0 aromatic carbocycles. The second-order valence-electron chi connectivity index (χ2n) is 7.13. The van der Waals surface area contributed by atoms with E-state index in [4.69, 9.17) is 4.74 Å². The Kier molecular flexibility index (Phi) is 3.65. The molecular formula is C18H24N2O2. The number of carbonyl (C=O) groups is 1. The Morgan fingerprint density at radius 1 is 1.32 bits per heavy atom. The number of likely N-dealkylation sites (tertiary alicyclic amines) is 1. The fraction of sp³-hybridized carbons (Fsp3) is 0.667. The van der Waals surface area contributed by atoms with Gasteiger partial charge in [-0.1, -0.05) is 12.5 Å². The third-order valence-corrected chi connectivity index (χ3v) is 5.81. The number of amides is 1. The van der Waals surface area contributed by atoms with Gasteiger partial charge in [0.25, 0.3) is 0 Å². The molecule has 2 saturated heterocycles. The first kappa shape index (κ1) is 14.2. The SMILES string of the molecule is O=C(C1CCC1)N1CCC2(CC1)CC(c1cccnc1)CO2. The van der Waals surface area contributed by atoms with Crippen LogP contribution in [0.25, 0.3) is 0 Å². The molecule has 0 radical (unpaired) electrons. The van der Waals surface area contributed by atoms with E-state index < -0.39 is 0 Å². The van der Waals surface area contributed by atoms with Crippen molar-refractivity contribution in [1.82, 2.24) is 9.88 Å². The van der Waals surface area contributed by atoms with Crippen molar-refractivity contribution in [2.75, 3.05) is 19.7 Å². The first-order chi connectivity index (χ1) is 10.8. The Labute approximate surface area is 131 Å². The standard InChI is InChI=1S/C18H24N2O2/c21-17(14-3-1-4-14)20-9-6-18(7-10-20)11-16(13-22-18)15-5-2-8-19-12-15/h2,5,8,12,14,16H,1,3-4,6-7,9-11,13H2. The fourth-order valence-corrected chi connectivity index (χ4v) is 4.07. The van der Waals surface area contributed by atoms with E-state index in [2.05, 4.69) is 16.0 Å². The zero-order valence-corrected chi connectivity index (χ0v) is 13.0. The molecule has 1 aromatic heterocycles. The van der Waals surface area contributed by atoms with E-state index in [1.54, 1.807) is 0 Å². The molecular weight excluding hydrogens is 276 g/mol. The van der Waals surface area contributed by atoms with Crippen molar-refractivity contribution in [1.29, 1.82) is 0 Å². The molecule has 4 nitrogen and oxygen atoms in total. The van der Waals surface area contributed by atoms with Crippen LogP contribution in [-0.4, -0.2) is 41.1 Å². The normalized spacial score (nSPS) is 27.8. The predicted octanol–water partition coefficient (Wildman–Crippen LogP) is 2.75. The van der Waals surface area contributed by atoms with Gasteiger partial charge in [-0.05, 0) is 43.7 Å². The predicted molar refractivity (Wildman–Crippen MR) is 83.4 cm³/mol. The van der Waals surface area contributed by atoms with Crippen LogP contribution in [0.15, 0.2) is 24.5 Å². The molecule has 1 atom stereocenters. The van der Waals surface area contributed by atoms with Crippen molar-refractivity contribution in [3.63, 3.8) is 0 Å². The molecule has 118 valence electrons. The van der Waals surface area contributed by atoms with Crippen molar-refractivity contribution < 1.29 is 9.53 Å². The van der Waals surface area contributed by atoms with Gasteiger partial charge >= 0.3 is 0 Å². The van der Waals surface area contributed by atoms with Gasteiger partial charge in [0.05, 0.1) is 12.2 Å². The summed E-state index contributed by atoms with van der Waals surface area (Å²) in [6.07, 6.45) is 10.3. The highest BCUT2D eigenvalue weighted by Crippen LogP contribution is 2.43. The lowest BCUT2D eigenvalue weighted by atomic mass is 9.81. The highest BCUT2D eigenvalue weighted by molar-refractivity contribution is 5.79. The average Bonchev–Trinajstić information content (AvgIpc) is 2.91. The van der Waals surface area contributed by atoms with Crippen LogP contribution < -0.4 is 0 Å². The fourth-order valence-electron chi connectivity index (χ4n) is 4.07. The molecule has 1 aromatic rings. The molecule has 0 N–H and O–H groups in total. The molecule has 3 heterocycles. The van der Waals surface area contributed by atoms with Gasteiger partial charge in [-0.3, -0.25) is 9.78 Å². The zero-order valence-electron chi connectivity index (χ0n) is 13.0. The van der Waals surface area contributed by atoms with Crippen molar-refractivity contribution in [3.8, 4) is 0 Å². The zero-order chi connectivity index (χ0) is 15.0. The molecule has 4 rings (SSSR count). The second-order valence-corrected chi connectivity index (χ2v) is 7.13. The molecule has 1 saturated carbocycles. The highest BCUT2D eigenvalue weighted by atomic mass is 16.5. The van der Waals surface area contributed by atoms with Gasteiger partial charge in [0, 0.05) is 37.3 Å². The third kappa shape index (κ3) is 2.54. The van der Waals surface area contributed by atoms with Gasteiger partial charge in [-0.25, -0.2) is 0 Å². The molecule has 0 bridgehead atoms. The Bertz CT molecular complexity index is 533. The van der Waals surface area contributed by atoms with Crippen LogP contribution >= 0.6 is 0 Å². The number of hydrogen-bond acceptors (Lipinski definition) is 3. The summed E-state index contributed by atoms with van der Waals surface area (Å²) in [5.74, 6) is 1.17. The van der Waals surface area contributed by atoms with E-state index in [0.717, 1.165) is 51.8 Å². The Balaban J connectivity index is 1.36. The lowest BCUT2D eigenvalue weighted by Gasteiger charge is -2.41. The smallest absolute Gasteiger partial charge is 0.225 e. The van der Waals surface area contributed by atoms with Gasteiger partial charge in [0.15, 0.2) is 0 Å². The summed E-state index contributed by atoms with van der Waals surface area (Å²) in [6, 6.07) is 4.15. The summed E-state index contributed by atoms with van der Waals surface area (Å²) in [5.41, 5.74) is 1.28. The lowest BCUT2D eigenvalue weighted by Crippen LogP contribution is -2.49. The summed E-state index contributed by atoms with van der Waals surface area (Å²) in [5, 5.41) is 0. The minimum atomic E-state index is -0.00307. The van der Waals surface area contributed by atoms with Gasteiger partial charge in [-0.2, -0.15) is 0 Å². The van der Waals surface area contributed by atoms with Crippen LogP contribution in [0, 0.1) is 5.92 Å². The van der Waals surface area contributed by atoms with Crippen molar-refractivity contribution in [2.24, 2.45) is 5.92 Å². The van der Waals surface area contributed by atoms with E-state index >= 15 is 0 Å². The number of hydrogen-bond donors (Lipinski definition) is 0. The van der Waals surface area contributed by atoms with Gasteiger partial charge < -0.3 is 9.64 Å². The summed E-state index contributed by atoms with van der Waals surface area (Å²) in [4.78, 5) is 18.7. The number of aromatic nitrogens is 1. The number of ether oxygens (including phenoxy) is 1. The van der Waals surface area contributed by atoms with Crippen molar-refractivity contribution >= 4 is 5.91 Å². The molecule has 3 aliphatic rings. The summed E-state index contributed by atoms with van der Waals surface area (Å²) >= 11 is 0. The summed E-state index contributed by atoms with van der Waals surface area (Å²) in [6.45, 7) is 2.53. The van der Waals surface area contributed by atoms with Crippen LogP contribution in [0.4, 0.5) is 0 Å². The van der Waals surface area contributed by atoms with E-state index in [1.165, 1.54) is 12.0 Å². The van der Waals surface area contributed by atoms with E-state index in [9.17, 15) is 4.79 Å². The molecule has 3 fully saturated rings. The van der Waals surface area contributed by atoms with E-state index in [0.29, 0.717) is 17.7 Å². The van der Waals surface area contributed by atoms with Crippen LogP contribution in [0.3, 0.4) is 0 Å². The molecule has 1 unspecified atom stereocenters. The Hall–Kier alpha value is -1.42. The monoisotopic (exact) mass is 300 g/mol. The number of carbonyl (C=O) groups excluding carboxylic acids is 1. The van der Waals surface area contributed by atoms with Crippen LogP contribution in [0.5, 0.6) is 0 Å². The minimum Gasteiger partial charge on any atom is -0.374 e. The first-order valence-electron chi connectivity index (χ1n) is 8.58. The molecule has 2 aliphatic heterocycles. The van der Waals surface area contributed by atoms with Gasteiger partial charge in [0.1, 0.15) is 0 Å². The number of pyridine rings is 1. The molecule has 4 heteroatoms. The topological polar surface area (TPSA) is 42.4 Å². The molecule has 22 heavy (non-hydrogen) atoms. The average molecular weight is 300 g/mol. The van der Waals surface area contributed by atoms with Gasteiger partial charge in [0.2, 0.25) is 5.91 Å². The quantitative estimate of drug-likeness (QED) is 0.843. The second kappa shape index (κ2) is 5.65. The van der Waals surface area contributed by atoms with Gasteiger partial charge in [-0.15, -0.1) is 0 Å². The maximum Gasteiger partial charge on any atom is 0.225 e. The number of nitrogens with zero attached hydrogens (tertiary/aromatic N) is 2. The van der Waals surface area contributed by atoms with E-state index in [1.807, 2.05) is 18.5 Å². The number of rotatable bonds is 2. The highest BCUT2D eigenvalue weighted by Gasteiger charge is 2.44. The maximum absolute atomic E-state index is 12.3. The Morgan fingerprint density at radius 2 is 2.14 bits per heavy atom. The molecule has 1 aliphatic carbocycles. The molecule has 1 amide bonds. The van der Waals surface area contributed by atoms with Crippen molar-refractivity contribution in [3.05, 3.63) is 30.1 Å².